The zero-order chi connectivity index (χ0) is 19.2. The van der Waals surface area contributed by atoms with Crippen LogP contribution in [-0.4, -0.2) is 29.4 Å². The van der Waals surface area contributed by atoms with Crippen molar-refractivity contribution in [3.05, 3.63) is 52.3 Å². The van der Waals surface area contributed by atoms with Gasteiger partial charge in [-0.05, 0) is 37.1 Å². The highest BCUT2D eigenvalue weighted by molar-refractivity contribution is 5.89. The van der Waals surface area contributed by atoms with E-state index in [1.165, 1.54) is 36.8 Å². The maximum Gasteiger partial charge on any atom is 0.374 e. The number of hydrogen-bond acceptors (Lipinski definition) is 6. The number of non-ortho nitro benzene ring substituents is 1. The van der Waals surface area contributed by atoms with Crippen LogP contribution in [-0.2, 0) is 9.53 Å². The van der Waals surface area contributed by atoms with Crippen LogP contribution in [0, 0.1) is 10.1 Å². The van der Waals surface area contributed by atoms with Crippen LogP contribution in [0.25, 0.3) is 11.3 Å². The highest BCUT2D eigenvalue weighted by atomic mass is 16.6. The Balaban J connectivity index is 1.53. The van der Waals surface area contributed by atoms with E-state index in [0.717, 1.165) is 25.7 Å². The van der Waals surface area contributed by atoms with Crippen molar-refractivity contribution in [2.45, 2.75) is 38.1 Å². The van der Waals surface area contributed by atoms with E-state index in [0.29, 0.717) is 11.3 Å². The molecule has 1 amide bonds. The van der Waals surface area contributed by atoms with E-state index >= 15 is 0 Å². The van der Waals surface area contributed by atoms with Gasteiger partial charge in [0.15, 0.2) is 6.61 Å². The number of ether oxygens (including phenoxy) is 1. The maximum atomic E-state index is 12.0. The smallest absolute Gasteiger partial charge is 0.374 e. The number of esters is 1. The normalized spacial score (nSPS) is 14.5. The quantitative estimate of drug-likeness (QED) is 0.472. The van der Waals surface area contributed by atoms with Crippen LogP contribution >= 0.6 is 0 Å². The molecule has 0 spiro atoms. The molecule has 0 saturated heterocycles. The van der Waals surface area contributed by atoms with E-state index in [-0.39, 0.29) is 30.0 Å². The van der Waals surface area contributed by atoms with Crippen molar-refractivity contribution in [1.82, 2.24) is 5.32 Å². The summed E-state index contributed by atoms with van der Waals surface area (Å²) in [5, 5.41) is 13.6. The summed E-state index contributed by atoms with van der Waals surface area (Å²) in [4.78, 5) is 34.1. The van der Waals surface area contributed by atoms with Crippen LogP contribution in [0.5, 0.6) is 0 Å². The molecule has 1 aliphatic carbocycles. The first-order valence-electron chi connectivity index (χ1n) is 8.84. The van der Waals surface area contributed by atoms with E-state index < -0.39 is 10.9 Å². The zero-order valence-electron chi connectivity index (χ0n) is 14.7. The number of nitro benzene ring substituents is 1. The fourth-order valence-corrected chi connectivity index (χ4v) is 3.07. The minimum absolute atomic E-state index is 0.0334. The number of benzene rings is 1. The second-order valence-electron chi connectivity index (χ2n) is 6.45. The Hall–Kier alpha value is -3.16. The average molecular weight is 372 g/mol. The molecule has 0 bridgehead atoms. The molecule has 1 aromatic carbocycles. The van der Waals surface area contributed by atoms with Crippen molar-refractivity contribution in [3.8, 4) is 11.3 Å². The van der Waals surface area contributed by atoms with Crippen LogP contribution in [0.2, 0.25) is 0 Å². The van der Waals surface area contributed by atoms with Crippen LogP contribution in [0.3, 0.4) is 0 Å². The summed E-state index contributed by atoms with van der Waals surface area (Å²) < 4.78 is 10.4. The van der Waals surface area contributed by atoms with Crippen LogP contribution in [0.4, 0.5) is 5.69 Å². The van der Waals surface area contributed by atoms with Crippen LogP contribution in [0.1, 0.15) is 42.7 Å². The second-order valence-corrected chi connectivity index (χ2v) is 6.45. The Morgan fingerprint density at radius 2 is 1.81 bits per heavy atom. The summed E-state index contributed by atoms with van der Waals surface area (Å²) in [5.41, 5.74) is 0.559. The number of nitrogens with zero attached hydrogens (tertiary/aromatic N) is 1. The van der Waals surface area contributed by atoms with Gasteiger partial charge in [0.1, 0.15) is 5.76 Å². The standard InChI is InChI=1S/C19H20N2O6/c22-18(20-14-4-2-1-3-5-14)12-26-19(23)17-11-10-16(27-17)13-6-8-15(9-7-13)21(24)25/h6-11,14H,1-5,12H2,(H,20,22). The molecule has 142 valence electrons. The lowest BCUT2D eigenvalue weighted by atomic mass is 9.95. The van der Waals surface area contributed by atoms with Crippen molar-refractivity contribution in [3.63, 3.8) is 0 Å². The number of nitrogens with one attached hydrogen (secondary N) is 1. The number of nitro groups is 1. The predicted molar refractivity (Wildman–Crippen MR) is 96.1 cm³/mol. The monoisotopic (exact) mass is 372 g/mol. The maximum absolute atomic E-state index is 12.0. The van der Waals surface area contributed by atoms with Gasteiger partial charge in [-0.2, -0.15) is 0 Å². The summed E-state index contributed by atoms with van der Waals surface area (Å²) in [6.45, 7) is -0.358. The molecule has 1 heterocycles. The first kappa shape index (κ1) is 18.6. The number of hydrogen-bond donors (Lipinski definition) is 1. The average Bonchev–Trinajstić information content (AvgIpc) is 3.17. The van der Waals surface area contributed by atoms with Crippen LogP contribution < -0.4 is 5.32 Å². The lowest BCUT2D eigenvalue weighted by Crippen LogP contribution is -2.38. The molecule has 1 saturated carbocycles. The highest BCUT2D eigenvalue weighted by Crippen LogP contribution is 2.25. The zero-order valence-corrected chi connectivity index (χ0v) is 14.7. The summed E-state index contributed by atoms with van der Waals surface area (Å²) in [7, 11) is 0. The number of carbonyl (C=O) groups is 2. The first-order chi connectivity index (χ1) is 13.0. The van der Waals surface area contributed by atoms with E-state index in [2.05, 4.69) is 5.32 Å². The van der Waals surface area contributed by atoms with Gasteiger partial charge < -0.3 is 14.5 Å². The SMILES string of the molecule is O=C(COC(=O)c1ccc(-c2ccc([N+](=O)[O-])cc2)o1)NC1CCCCC1. The number of amides is 1. The topological polar surface area (TPSA) is 112 Å². The number of rotatable bonds is 6. The molecular formula is C19H20N2O6. The van der Waals surface area contributed by atoms with E-state index in [1.54, 1.807) is 6.07 Å². The van der Waals surface area contributed by atoms with Gasteiger partial charge in [0.2, 0.25) is 5.76 Å². The number of furan rings is 1. The van der Waals surface area contributed by atoms with E-state index in [9.17, 15) is 19.7 Å². The second kappa shape index (κ2) is 8.48. The molecule has 27 heavy (non-hydrogen) atoms. The minimum atomic E-state index is -0.734. The fourth-order valence-electron chi connectivity index (χ4n) is 3.07. The van der Waals surface area contributed by atoms with Gasteiger partial charge in [-0.3, -0.25) is 14.9 Å². The molecule has 8 heteroatoms. The largest absolute Gasteiger partial charge is 0.450 e. The molecule has 0 unspecified atom stereocenters. The van der Waals surface area contributed by atoms with Crippen LogP contribution in [0.15, 0.2) is 40.8 Å². The third kappa shape index (κ3) is 4.93. The molecule has 0 radical (unpaired) electrons. The Morgan fingerprint density at radius 3 is 2.48 bits per heavy atom. The Bertz CT molecular complexity index is 821. The number of carbonyl (C=O) groups excluding carboxylic acids is 2. The molecule has 0 atom stereocenters. The molecule has 2 aromatic rings. The van der Waals surface area contributed by atoms with Crippen molar-refractivity contribution in [2.75, 3.05) is 6.61 Å². The minimum Gasteiger partial charge on any atom is -0.450 e. The Kier molecular flexibility index (Phi) is 5.85. The molecule has 0 aliphatic heterocycles. The van der Waals surface area contributed by atoms with Crippen molar-refractivity contribution in [1.29, 1.82) is 0 Å². The van der Waals surface area contributed by atoms with Gasteiger partial charge in [0, 0.05) is 23.7 Å². The van der Waals surface area contributed by atoms with Gasteiger partial charge >= 0.3 is 5.97 Å². The molecule has 1 fully saturated rings. The summed E-state index contributed by atoms with van der Waals surface area (Å²) in [6, 6.07) is 8.93. The molecule has 1 N–H and O–H groups in total. The lowest BCUT2D eigenvalue weighted by molar-refractivity contribution is -0.384. The third-order valence-electron chi connectivity index (χ3n) is 4.47. The molecule has 8 nitrogen and oxygen atoms in total. The summed E-state index contributed by atoms with van der Waals surface area (Å²) in [5.74, 6) is -0.711. The molecular weight excluding hydrogens is 352 g/mol. The lowest BCUT2D eigenvalue weighted by Gasteiger charge is -2.22. The van der Waals surface area contributed by atoms with Gasteiger partial charge in [-0.25, -0.2) is 4.79 Å². The van der Waals surface area contributed by atoms with Gasteiger partial charge in [0.05, 0.1) is 4.92 Å². The molecule has 1 aromatic heterocycles. The molecule has 3 rings (SSSR count). The van der Waals surface area contributed by atoms with E-state index in [1.807, 2.05) is 0 Å². The van der Waals surface area contributed by atoms with Gasteiger partial charge in [-0.1, -0.05) is 19.3 Å². The molecule has 1 aliphatic rings. The van der Waals surface area contributed by atoms with Crippen molar-refractivity contribution < 1.29 is 23.7 Å². The van der Waals surface area contributed by atoms with Gasteiger partial charge in [-0.15, -0.1) is 0 Å². The third-order valence-corrected chi connectivity index (χ3v) is 4.47. The van der Waals surface area contributed by atoms with Gasteiger partial charge in [0.25, 0.3) is 11.6 Å². The van der Waals surface area contributed by atoms with E-state index in [4.69, 9.17) is 9.15 Å². The predicted octanol–water partition coefficient (Wildman–Crippen LogP) is 3.46. The summed E-state index contributed by atoms with van der Waals surface area (Å²) >= 11 is 0. The Labute approximate surface area is 155 Å². The summed E-state index contributed by atoms with van der Waals surface area (Å²) in [6.07, 6.45) is 5.30. The first-order valence-corrected chi connectivity index (χ1v) is 8.84. The highest BCUT2D eigenvalue weighted by Gasteiger charge is 2.19. The Morgan fingerprint density at radius 1 is 1.11 bits per heavy atom. The van der Waals surface area contributed by atoms with Crippen molar-refractivity contribution in [2.24, 2.45) is 0 Å². The van der Waals surface area contributed by atoms with Crippen molar-refractivity contribution >= 4 is 17.6 Å². The fraction of sp³-hybridized carbons (Fsp3) is 0.368.